The lowest BCUT2D eigenvalue weighted by Gasteiger charge is -2.13. The Morgan fingerprint density at radius 2 is 1.58 bits per heavy atom. The molecule has 0 aliphatic carbocycles. The fourth-order valence-corrected chi connectivity index (χ4v) is 2.96. The van der Waals surface area contributed by atoms with Gasteiger partial charge in [0, 0.05) is 24.3 Å². The van der Waals surface area contributed by atoms with E-state index in [4.69, 9.17) is 4.74 Å². The molecule has 0 aliphatic rings. The van der Waals surface area contributed by atoms with Gasteiger partial charge in [0.2, 0.25) is 0 Å². The average Bonchev–Trinajstić information content (AvgIpc) is 2.79. The maximum Gasteiger partial charge on any atom is 0.253 e. The molecule has 0 heterocycles. The van der Waals surface area contributed by atoms with Gasteiger partial charge in [0.25, 0.3) is 11.8 Å². The number of methoxy groups -OCH3 is 1. The van der Waals surface area contributed by atoms with Crippen LogP contribution in [0.4, 0.5) is 11.4 Å². The van der Waals surface area contributed by atoms with Crippen molar-refractivity contribution in [3.05, 3.63) is 83.9 Å². The number of anilines is 2. The molecular weight excluding hydrogens is 394 g/mol. The van der Waals surface area contributed by atoms with Crippen LogP contribution in [-0.4, -0.2) is 37.1 Å². The molecule has 0 aliphatic heterocycles. The van der Waals surface area contributed by atoms with E-state index in [1.54, 1.807) is 25.3 Å². The summed E-state index contributed by atoms with van der Waals surface area (Å²) in [5, 5.41) is 18.3. The third-order valence-corrected chi connectivity index (χ3v) is 4.57. The highest BCUT2D eigenvalue weighted by molar-refractivity contribution is 6.00. The molecule has 0 saturated heterocycles. The molecule has 7 heteroatoms. The minimum absolute atomic E-state index is 0.0434. The van der Waals surface area contributed by atoms with E-state index in [1.165, 1.54) is 12.1 Å². The van der Waals surface area contributed by atoms with Gasteiger partial charge in [0.1, 0.15) is 11.5 Å². The second kappa shape index (κ2) is 10.7. The predicted molar refractivity (Wildman–Crippen MR) is 120 cm³/mol. The second-order valence-corrected chi connectivity index (χ2v) is 6.81. The Labute approximate surface area is 181 Å². The van der Waals surface area contributed by atoms with Crippen molar-refractivity contribution in [2.24, 2.45) is 0 Å². The molecule has 0 atom stereocenters. The van der Waals surface area contributed by atoms with Crippen LogP contribution in [0.25, 0.3) is 0 Å². The first-order chi connectivity index (χ1) is 15.1. The number of benzene rings is 3. The van der Waals surface area contributed by atoms with Gasteiger partial charge in [-0.3, -0.25) is 9.59 Å². The summed E-state index contributed by atoms with van der Waals surface area (Å²) >= 11 is 0. The zero-order valence-electron chi connectivity index (χ0n) is 17.2. The number of carbonyl (C=O) groups is 2. The maximum atomic E-state index is 12.6. The molecule has 160 valence electrons. The minimum Gasteiger partial charge on any atom is -0.508 e. The van der Waals surface area contributed by atoms with Gasteiger partial charge in [0.05, 0.1) is 18.4 Å². The Bertz CT molecular complexity index is 1040. The van der Waals surface area contributed by atoms with Gasteiger partial charge in [-0.2, -0.15) is 0 Å². The van der Waals surface area contributed by atoms with Gasteiger partial charge < -0.3 is 25.8 Å². The monoisotopic (exact) mass is 419 g/mol. The Balaban J connectivity index is 1.48. The lowest BCUT2D eigenvalue weighted by atomic mass is 10.1. The van der Waals surface area contributed by atoms with Gasteiger partial charge in [-0.1, -0.05) is 18.2 Å². The van der Waals surface area contributed by atoms with Crippen LogP contribution in [0.3, 0.4) is 0 Å². The van der Waals surface area contributed by atoms with Crippen LogP contribution in [0.15, 0.2) is 72.8 Å². The number of hydrogen-bond donors (Lipinski definition) is 4. The third-order valence-electron chi connectivity index (χ3n) is 4.57. The van der Waals surface area contributed by atoms with Crippen molar-refractivity contribution < 1.29 is 19.4 Å². The molecule has 3 aromatic carbocycles. The zero-order valence-corrected chi connectivity index (χ0v) is 17.2. The van der Waals surface area contributed by atoms with Crippen LogP contribution in [-0.2, 0) is 0 Å². The lowest BCUT2D eigenvalue weighted by Crippen LogP contribution is -2.30. The number of phenolic OH excluding ortho intramolecular Hbond substituents is 1. The zero-order chi connectivity index (χ0) is 22.1. The first-order valence-corrected chi connectivity index (χ1v) is 9.92. The summed E-state index contributed by atoms with van der Waals surface area (Å²) in [6, 6.07) is 20.9. The molecule has 3 aromatic rings. The first kappa shape index (κ1) is 21.7. The van der Waals surface area contributed by atoms with Crippen LogP contribution in [0.1, 0.15) is 27.1 Å². The number of amides is 2. The molecule has 31 heavy (non-hydrogen) atoms. The summed E-state index contributed by atoms with van der Waals surface area (Å²) < 4.78 is 5.16. The lowest BCUT2D eigenvalue weighted by molar-refractivity contribution is 0.0952. The van der Waals surface area contributed by atoms with E-state index in [0.29, 0.717) is 36.3 Å². The van der Waals surface area contributed by atoms with E-state index in [1.807, 2.05) is 42.5 Å². The van der Waals surface area contributed by atoms with Crippen molar-refractivity contribution in [2.45, 2.75) is 6.42 Å². The summed E-state index contributed by atoms with van der Waals surface area (Å²) in [7, 11) is 1.61. The molecule has 0 aromatic heterocycles. The Morgan fingerprint density at radius 1 is 0.871 bits per heavy atom. The SMILES string of the molecule is COc1ccc(Nc2ccccc2C(=O)NCCCNC(=O)c2cccc(O)c2)cc1. The number of ether oxygens (including phenoxy) is 1. The number of para-hydroxylation sites is 1. The molecule has 2 amide bonds. The Kier molecular flexibility index (Phi) is 7.48. The third kappa shape index (κ3) is 6.24. The van der Waals surface area contributed by atoms with Crippen molar-refractivity contribution in [1.82, 2.24) is 10.6 Å². The van der Waals surface area contributed by atoms with E-state index >= 15 is 0 Å². The molecule has 4 N–H and O–H groups in total. The van der Waals surface area contributed by atoms with Crippen LogP contribution < -0.4 is 20.7 Å². The van der Waals surface area contributed by atoms with E-state index < -0.39 is 0 Å². The molecule has 0 spiro atoms. The van der Waals surface area contributed by atoms with Crippen molar-refractivity contribution in [3.63, 3.8) is 0 Å². The summed E-state index contributed by atoms with van der Waals surface area (Å²) in [6.07, 6.45) is 0.574. The summed E-state index contributed by atoms with van der Waals surface area (Å²) in [6.45, 7) is 0.816. The van der Waals surface area contributed by atoms with Crippen LogP contribution in [0, 0.1) is 0 Å². The number of phenols is 1. The largest absolute Gasteiger partial charge is 0.508 e. The van der Waals surface area contributed by atoms with Gasteiger partial charge in [0.15, 0.2) is 0 Å². The van der Waals surface area contributed by atoms with E-state index in [2.05, 4.69) is 16.0 Å². The average molecular weight is 419 g/mol. The summed E-state index contributed by atoms with van der Waals surface area (Å²) in [4.78, 5) is 24.7. The molecule has 0 saturated carbocycles. The van der Waals surface area contributed by atoms with E-state index in [-0.39, 0.29) is 17.6 Å². The molecule has 0 radical (unpaired) electrons. The standard InChI is InChI=1S/C24H25N3O4/c1-31-20-12-10-18(11-13-20)27-22-9-3-2-8-21(22)24(30)26-15-5-14-25-23(29)17-6-4-7-19(28)16-17/h2-4,6-13,16,27-28H,5,14-15H2,1H3,(H,25,29)(H,26,30). The van der Waals surface area contributed by atoms with Gasteiger partial charge in [-0.25, -0.2) is 0 Å². The number of rotatable bonds is 9. The molecule has 0 fully saturated rings. The Morgan fingerprint density at radius 3 is 2.29 bits per heavy atom. The number of aromatic hydroxyl groups is 1. The number of nitrogens with one attached hydrogen (secondary N) is 3. The highest BCUT2D eigenvalue weighted by Gasteiger charge is 2.11. The van der Waals surface area contributed by atoms with Crippen LogP contribution in [0.2, 0.25) is 0 Å². The van der Waals surface area contributed by atoms with Crippen molar-refractivity contribution in [2.75, 3.05) is 25.5 Å². The van der Waals surface area contributed by atoms with Gasteiger partial charge >= 0.3 is 0 Å². The summed E-state index contributed by atoms with van der Waals surface area (Å²) in [5.41, 5.74) is 2.46. The van der Waals surface area contributed by atoms with Crippen molar-refractivity contribution >= 4 is 23.2 Å². The van der Waals surface area contributed by atoms with Crippen molar-refractivity contribution in [1.29, 1.82) is 0 Å². The molecule has 7 nitrogen and oxygen atoms in total. The second-order valence-electron chi connectivity index (χ2n) is 6.81. The predicted octanol–water partition coefficient (Wildman–Crippen LogP) is 3.69. The number of hydrogen-bond acceptors (Lipinski definition) is 5. The fraction of sp³-hybridized carbons (Fsp3) is 0.167. The molecule has 0 unspecified atom stereocenters. The highest BCUT2D eigenvalue weighted by atomic mass is 16.5. The first-order valence-electron chi connectivity index (χ1n) is 9.92. The molecular formula is C24H25N3O4. The summed E-state index contributed by atoms with van der Waals surface area (Å²) in [5.74, 6) is 0.335. The smallest absolute Gasteiger partial charge is 0.253 e. The Hall–Kier alpha value is -4.00. The quantitative estimate of drug-likeness (QED) is 0.397. The van der Waals surface area contributed by atoms with E-state index in [9.17, 15) is 14.7 Å². The maximum absolute atomic E-state index is 12.6. The minimum atomic E-state index is -0.267. The van der Waals surface area contributed by atoms with Gasteiger partial charge in [-0.05, 0) is 61.0 Å². The fourth-order valence-electron chi connectivity index (χ4n) is 2.96. The normalized spacial score (nSPS) is 10.2. The van der Waals surface area contributed by atoms with E-state index in [0.717, 1.165) is 11.4 Å². The van der Waals surface area contributed by atoms with Crippen LogP contribution in [0.5, 0.6) is 11.5 Å². The molecule has 0 bridgehead atoms. The highest BCUT2D eigenvalue weighted by Crippen LogP contribution is 2.23. The molecule has 3 rings (SSSR count). The van der Waals surface area contributed by atoms with Gasteiger partial charge in [-0.15, -0.1) is 0 Å². The van der Waals surface area contributed by atoms with Crippen molar-refractivity contribution in [3.8, 4) is 11.5 Å². The number of carbonyl (C=O) groups excluding carboxylic acids is 2. The topological polar surface area (TPSA) is 99.7 Å². The van der Waals surface area contributed by atoms with Crippen LogP contribution >= 0.6 is 0 Å².